The molecule has 0 spiro atoms. The van der Waals surface area contributed by atoms with E-state index in [4.69, 9.17) is 10.00 Å². The van der Waals surface area contributed by atoms with Gasteiger partial charge in [-0.25, -0.2) is 13.8 Å². The number of nitrogens with one attached hydrogen (secondary N) is 1. The number of aliphatic hydroxyl groups is 2. The van der Waals surface area contributed by atoms with Gasteiger partial charge in [0.25, 0.3) is 5.91 Å². The first-order chi connectivity index (χ1) is 17.3. The minimum atomic E-state index is -1.24. The van der Waals surface area contributed by atoms with Crippen molar-refractivity contribution in [3.8, 4) is 23.4 Å². The van der Waals surface area contributed by atoms with Crippen LogP contribution in [0.2, 0.25) is 0 Å². The first-order valence-corrected chi connectivity index (χ1v) is 10.8. The molecular weight excluding hydrogens is 472 g/mol. The number of aliphatic hydroxyl groups excluding tert-OH is 2. The zero-order chi connectivity index (χ0) is 25.8. The summed E-state index contributed by atoms with van der Waals surface area (Å²) >= 11 is 0. The molecule has 2 aromatic heterocycles. The fourth-order valence-corrected chi connectivity index (χ4v) is 3.98. The van der Waals surface area contributed by atoms with Crippen LogP contribution in [0.15, 0.2) is 48.8 Å². The molecule has 0 radical (unpaired) electrons. The van der Waals surface area contributed by atoms with E-state index in [1.165, 1.54) is 30.6 Å². The van der Waals surface area contributed by atoms with Crippen LogP contribution in [0.4, 0.5) is 14.5 Å². The summed E-state index contributed by atoms with van der Waals surface area (Å²) in [4.78, 5) is 21.1. The number of hydrogen-bond donors (Lipinski definition) is 3. The van der Waals surface area contributed by atoms with Crippen LogP contribution in [-0.2, 0) is 4.74 Å². The average Bonchev–Trinajstić information content (AvgIpc) is 2.87. The van der Waals surface area contributed by atoms with Gasteiger partial charge in [0, 0.05) is 18.2 Å². The number of carbonyl (C=O) groups excluding carboxylic acids is 1. The second-order valence-corrected chi connectivity index (χ2v) is 8.04. The third-order valence-corrected chi connectivity index (χ3v) is 5.76. The fourth-order valence-electron chi connectivity index (χ4n) is 3.98. The number of benzene rings is 1. The van der Waals surface area contributed by atoms with Gasteiger partial charge in [-0.3, -0.25) is 9.78 Å². The van der Waals surface area contributed by atoms with E-state index >= 15 is 0 Å². The molecule has 1 fully saturated rings. The van der Waals surface area contributed by atoms with Crippen LogP contribution in [0.5, 0.6) is 0 Å². The van der Waals surface area contributed by atoms with E-state index in [9.17, 15) is 29.1 Å². The standard InChI is InChI=1S/C25H19F2N5O4/c26-15-2-1-3-16(27)22(15)23-13(11-29)4-5-17(31-23)25(35)32-18-12-30-9-7-14(18)21-10-19(33)24(34)20(36-21)6-8-28/h1-5,7,9,12,19-21,24,33-34H,6,10H2,(H,32,35)/t19-,20-,21-,24+/m1/s1. The minimum Gasteiger partial charge on any atom is -0.390 e. The molecule has 0 bridgehead atoms. The lowest BCUT2D eigenvalue weighted by Crippen LogP contribution is -2.45. The first kappa shape index (κ1) is 24.8. The Morgan fingerprint density at radius 1 is 1.17 bits per heavy atom. The van der Waals surface area contributed by atoms with Crippen molar-refractivity contribution in [2.24, 2.45) is 0 Å². The zero-order valence-electron chi connectivity index (χ0n) is 18.6. The summed E-state index contributed by atoms with van der Waals surface area (Å²) in [7, 11) is 0. The van der Waals surface area contributed by atoms with E-state index in [2.05, 4.69) is 15.3 Å². The zero-order valence-corrected chi connectivity index (χ0v) is 18.6. The number of halogens is 2. The molecule has 11 heteroatoms. The Labute approximate surface area is 204 Å². The predicted octanol–water partition coefficient (Wildman–Crippen LogP) is 3.01. The minimum absolute atomic E-state index is 0.00179. The van der Waals surface area contributed by atoms with E-state index in [1.54, 1.807) is 6.07 Å². The molecule has 4 atom stereocenters. The fraction of sp³-hybridized carbons (Fsp3) is 0.240. The van der Waals surface area contributed by atoms with E-state index in [-0.39, 0.29) is 35.5 Å². The van der Waals surface area contributed by atoms with Gasteiger partial charge in [-0.05, 0) is 30.3 Å². The van der Waals surface area contributed by atoms with Gasteiger partial charge in [0.2, 0.25) is 0 Å². The van der Waals surface area contributed by atoms with Gasteiger partial charge in [0.05, 0.1) is 59.5 Å². The molecule has 0 saturated carbocycles. The molecule has 3 aromatic rings. The van der Waals surface area contributed by atoms with Gasteiger partial charge in [-0.15, -0.1) is 0 Å². The maximum absolute atomic E-state index is 14.4. The largest absolute Gasteiger partial charge is 0.390 e. The van der Waals surface area contributed by atoms with Crippen molar-refractivity contribution in [2.75, 3.05) is 5.32 Å². The van der Waals surface area contributed by atoms with Crippen LogP contribution in [0.1, 0.15) is 40.6 Å². The molecule has 36 heavy (non-hydrogen) atoms. The third kappa shape index (κ3) is 4.90. The van der Waals surface area contributed by atoms with Gasteiger partial charge >= 0.3 is 0 Å². The Hall–Kier alpha value is -4.29. The highest BCUT2D eigenvalue weighted by Gasteiger charge is 2.38. The summed E-state index contributed by atoms with van der Waals surface area (Å²) in [5.74, 6) is -2.63. The highest BCUT2D eigenvalue weighted by Crippen LogP contribution is 2.36. The third-order valence-electron chi connectivity index (χ3n) is 5.76. The van der Waals surface area contributed by atoms with E-state index in [0.29, 0.717) is 5.56 Å². The van der Waals surface area contributed by atoms with Crippen molar-refractivity contribution in [1.82, 2.24) is 9.97 Å². The van der Waals surface area contributed by atoms with Crippen LogP contribution in [0.25, 0.3) is 11.3 Å². The molecule has 1 aliphatic rings. The molecule has 182 valence electrons. The molecule has 1 aliphatic heterocycles. The van der Waals surface area contributed by atoms with Crippen molar-refractivity contribution in [2.45, 2.75) is 37.3 Å². The Morgan fingerprint density at radius 2 is 1.92 bits per heavy atom. The maximum atomic E-state index is 14.4. The first-order valence-electron chi connectivity index (χ1n) is 10.8. The maximum Gasteiger partial charge on any atom is 0.274 e. The monoisotopic (exact) mass is 491 g/mol. The van der Waals surface area contributed by atoms with Crippen LogP contribution >= 0.6 is 0 Å². The van der Waals surface area contributed by atoms with Gasteiger partial charge in [-0.1, -0.05) is 6.07 Å². The van der Waals surface area contributed by atoms with Gasteiger partial charge in [-0.2, -0.15) is 10.5 Å². The molecule has 9 nitrogen and oxygen atoms in total. The molecule has 3 heterocycles. The Bertz CT molecular complexity index is 1370. The Morgan fingerprint density at radius 3 is 2.61 bits per heavy atom. The van der Waals surface area contributed by atoms with Crippen molar-refractivity contribution in [3.05, 3.63) is 77.2 Å². The number of pyridine rings is 2. The number of rotatable bonds is 5. The van der Waals surface area contributed by atoms with E-state index < -0.39 is 47.5 Å². The SMILES string of the molecule is N#CC[C@H]1O[C@@H](c2ccncc2NC(=O)c2ccc(C#N)c(-c3c(F)cccc3F)n2)C[C@@H](O)[C@@H]1O. The highest BCUT2D eigenvalue weighted by molar-refractivity contribution is 6.03. The molecule has 1 amide bonds. The number of carbonyl (C=O) groups is 1. The molecule has 0 aliphatic carbocycles. The summed E-state index contributed by atoms with van der Waals surface area (Å²) < 4.78 is 34.5. The van der Waals surface area contributed by atoms with Crippen LogP contribution in [0.3, 0.4) is 0 Å². The van der Waals surface area contributed by atoms with E-state index in [1.807, 2.05) is 12.1 Å². The number of amides is 1. The van der Waals surface area contributed by atoms with E-state index in [0.717, 1.165) is 12.1 Å². The summed E-state index contributed by atoms with van der Waals surface area (Å²) in [6.07, 6.45) is -1.44. The lowest BCUT2D eigenvalue weighted by atomic mass is 9.92. The molecule has 3 N–H and O–H groups in total. The van der Waals surface area contributed by atoms with Crippen LogP contribution < -0.4 is 5.32 Å². The van der Waals surface area contributed by atoms with Crippen molar-refractivity contribution < 1.29 is 28.5 Å². The van der Waals surface area contributed by atoms with Crippen molar-refractivity contribution >= 4 is 11.6 Å². The van der Waals surface area contributed by atoms with Gasteiger partial charge in [0.15, 0.2) is 0 Å². The number of nitriles is 2. The second kappa shape index (κ2) is 10.5. The molecule has 4 rings (SSSR count). The normalized spacial score (nSPS) is 21.3. The molecular formula is C25H19F2N5O4. The quantitative estimate of drug-likeness (QED) is 0.493. The lowest BCUT2D eigenvalue weighted by molar-refractivity contribution is -0.168. The number of aromatic nitrogens is 2. The molecule has 0 unspecified atom stereocenters. The lowest BCUT2D eigenvalue weighted by Gasteiger charge is -2.37. The number of nitrogens with zero attached hydrogens (tertiary/aromatic N) is 4. The number of ether oxygens (including phenoxy) is 1. The molecule has 1 saturated heterocycles. The second-order valence-electron chi connectivity index (χ2n) is 8.04. The smallest absolute Gasteiger partial charge is 0.274 e. The predicted molar refractivity (Wildman–Crippen MR) is 121 cm³/mol. The number of anilines is 1. The highest BCUT2D eigenvalue weighted by atomic mass is 19.1. The topological polar surface area (TPSA) is 152 Å². The van der Waals surface area contributed by atoms with Crippen molar-refractivity contribution in [3.63, 3.8) is 0 Å². The van der Waals surface area contributed by atoms with Crippen LogP contribution in [0, 0.1) is 34.3 Å². The number of hydrogen-bond acceptors (Lipinski definition) is 8. The van der Waals surface area contributed by atoms with Crippen LogP contribution in [-0.4, -0.2) is 44.4 Å². The van der Waals surface area contributed by atoms with Crippen molar-refractivity contribution in [1.29, 1.82) is 10.5 Å². The summed E-state index contributed by atoms with van der Waals surface area (Å²) in [5, 5.41) is 41.4. The Balaban J connectivity index is 1.65. The molecule has 1 aromatic carbocycles. The van der Waals surface area contributed by atoms with Gasteiger partial charge < -0.3 is 20.3 Å². The average molecular weight is 491 g/mol. The summed E-state index contributed by atoms with van der Waals surface area (Å²) in [6.45, 7) is 0. The van der Waals surface area contributed by atoms with Gasteiger partial charge in [0.1, 0.15) is 29.5 Å². The summed E-state index contributed by atoms with van der Waals surface area (Å²) in [5.41, 5.74) is -0.553. The summed E-state index contributed by atoms with van der Waals surface area (Å²) in [6, 6.07) is 11.0. The Kier molecular flexibility index (Phi) is 7.27.